The van der Waals surface area contributed by atoms with Crippen molar-refractivity contribution in [3.8, 4) is 0 Å². The molecule has 0 bridgehead atoms. The molecule has 1 heterocycles. The Hall–Kier alpha value is -0.900. The molecule has 4 nitrogen and oxygen atoms in total. The summed E-state index contributed by atoms with van der Waals surface area (Å²) in [6.45, 7) is 4.25. The van der Waals surface area contributed by atoms with Crippen LogP contribution >= 0.6 is 0 Å². The molecule has 19 heavy (non-hydrogen) atoms. The number of imide groups is 1. The van der Waals surface area contributed by atoms with Crippen molar-refractivity contribution in [2.45, 2.75) is 64.9 Å². The highest BCUT2D eigenvalue weighted by molar-refractivity contribution is 6.06. The number of aliphatic hydroxyl groups is 1. The van der Waals surface area contributed by atoms with E-state index in [2.05, 4.69) is 0 Å². The van der Waals surface area contributed by atoms with Gasteiger partial charge in [-0.2, -0.15) is 0 Å². The van der Waals surface area contributed by atoms with Gasteiger partial charge in [-0.1, -0.05) is 39.5 Å². The number of rotatable bonds is 5. The van der Waals surface area contributed by atoms with Gasteiger partial charge in [0.15, 0.2) is 0 Å². The van der Waals surface area contributed by atoms with Crippen LogP contribution in [0, 0.1) is 11.3 Å². The minimum Gasteiger partial charge on any atom is -0.391 e. The Morgan fingerprint density at radius 2 is 1.79 bits per heavy atom. The summed E-state index contributed by atoms with van der Waals surface area (Å²) in [4.78, 5) is 25.9. The predicted molar refractivity (Wildman–Crippen MR) is 72.3 cm³/mol. The summed E-state index contributed by atoms with van der Waals surface area (Å²) in [7, 11) is 0. The molecule has 0 aromatic carbocycles. The minimum atomic E-state index is -0.584. The first-order valence-electron chi connectivity index (χ1n) is 7.57. The molecule has 0 aromatic rings. The quantitative estimate of drug-likeness (QED) is 0.776. The Balaban J connectivity index is 2.04. The van der Waals surface area contributed by atoms with E-state index in [1.807, 2.05) is 13.8 Å². The van der Waals surface area contributed by atoms with Gasteiger partial charge in [0.2, 0.25) is 11.8 Å². The lowest BCUT2D eigenvalue weighted by atomic mass is 9.84. The molecule has 1 unspecified atom stereocenters. The van der Waals surface area contributed by atoms with Gasteiger partial charge in [0.1, 0.15) is 0 Å². The van der Waals surface area contributed by atoms with Crippen LogP contribution in [0.25, 0.3) is 0 Å². The lowest BCUT2D eigenvalue weighted by Crippen LogP contribution is -2.41. The third-order valence-electron chi connectivity index (χ3n) is 5.01. The molecule has 2 aliphatic rings. The van der Waals surface area contributed by atoms with Crippen molar-refractivity contribution in [2.75, 3.05) is 6.54 Å². The Morgan fingerprint density at radius 1 is 1.21 bits per heavy atom. The second-order valence-electron chi connectivity index (χ2n) is 6.12. The third kappa shape index (κ3) is 2.55. The molecular weight excluding hydrogens is 242 g/mol. The van der Waals surface area contributed by atoms with Crippen LogP contribution in [-0.4, -0.2) is 34.5 Å². The molecule has 1 saturated heterocycles. The number of carbonyl (C=O) groups excluding carboxylic acids is 2. The van der Waals surface area contributed by atoms with Crippen LogP contribution in [0.2, 0.25) is 0 Å². The van der Waals surface area contributed by atoms with Gasteiger partial charge >= 0.3 is 0 Å². The van der Waals surface area contributed by atoms with E-state index in [1.165, 1.54) is 4.90 Å². The van der Waals surface area contributed by atoms with Crippen molar-refractivity contribution in [2.24, 2.45) is 11.3 Å². The van der Waals surface area contributed by atoms with Gasteiger partial charge in [-0.05, 0) is 18.8 Å². The number of amides is 2. The van der Waals surface area contributed by atoms with Crippen LogP contribution < -0.4 is 0 Å². The van der Waals surface area contributed by atoms with Crippen molar-refractivity contribution in [1.29, 1.82) is 0 Å². The summed E-state index contributed by atoms with van der Waals surface area (Å²) in [6, 6.07) is 0. The Bertz CT molecular complexity index is 356. The fraction of sp³-hybridized carbons (Fsp3) is 0.867. The topological polar surface area (TPSA) is 57.6 Å². The molecule has 1 spiro atoms. The summed E-state index contributed by atoms with van der Waals surface area (Å²) in [5.41, 5.74) is -0.412. The van der Waals surface area contributed by atoms with Gasteiger partial charge in [0.05, 0.1) is 18.1 Å². The van der Waals surface area contributed by atoms with E-state index < -0.39 is 11.5 Å². The lowest BCUT2D eigenvalue weighted by Gasteiger charge is -2.26. The van der Waals surface area contributed by atoms with Crippen LogP contribution in [0.4, 0.5) is 0 Å². The van der Waals surface area contributed by atoms with Crippen LogP contribution in [-0.2, 0) is 9.59 Å². The van der Waals surface area contributed by atoms with E-state index in [0.29, 0.717) is 6.42 Å². The fourth-order valence-corrected chi connectivity index (χ4v) is 3.66. The van der Waals surface area contributed by atoms with Crippen molar-refractivity contribution < 1.29 is 14.7 Å². The maximum atomic E-state index is 12.5. The van der Waals surface area contributed by atoms with Gasteiger partial charge in [0.25, 0.3) is 0 Å². The molecule has 2 rings (SSSR count). The number of hydrogen-bond acceptors (Lipinski definition) is 3. The van der Waals surface area contributed by atoms with E-state index in [9.17, 15) is 14.7 Å². The molecule has 1 N–H and O–H groups in total. The first-order valence-corrected chi connectivity index (χ1v) is 7.57. The standard InChI is InChI=1S/C15H25NO3/c1-3-11(4-2)12(17)10-16-13(18)9-15(14(16)19)7-5-6-8-15/h11-12,17H,3-10H2,1-2H3. The van der Waals surface area contributed by atoms with Gasteiger partial charge in [-0.15, -0.1) is 0 Å². The number of β-amino-alcohol motifs (C(OH)–C–C–N with tert-alkyl or cyclic N) is 1. The molecule has 0 aromatic heterocycles. The summed E-state index contributed by atoms with van der Waals surface area (Å²) in [5.74, 6) is 0.0534. The number of carbonyl (C=O) groups is 2. The molecule has 1 saturated carbocycles. The molecular formula is C15H25NO3. The smallest absolute Gasteiger partial charge is 0.235 e. The van der Waals surface area contributed by atoms with E-state index in [1.54, 1.807) is 0 Å². The first kappa shape index (κ1) is 14.5. The van der Waals surface area contributed by atoms with E-state index in [4.69, 9.17) is 0 Å². The number of nitrogens with zero attached hydrogens (tertiary/aromatic N) is 1. The van der Waals surface area contributed by atoms with Crippen molar-refractivity contribution in [3.63, 3.8) is 0 Å². The van der Waals surface area contributed by atoms with Crippen LogP contribution in [0.1, 0.15) is 58.8 Å². The van der Waals surface area contributed by atoms with Gasteiger partial charge < -0.3 is 5.11 Å². The monoisotopic (exact) mass is 267 g/mol. The van der Waals surface area contributed by atoms with Crippen molar-refractivity contribution in [1.82, 2.24) is 4.90 Å². The minimum absolute atomic E-state index is 0.0278. The largest absolute Gasteiger partial charge is 0.391 e. The van der Waals surface area contributed by atoms with Gasteiger partial charge in [-0.25, -0.2) is 0 Å². The van der Waals surface area contributed by atoms with Crippen molar-refractivity contribution in [3.05, 3.63) is 0 Å². The highest BCUT2D eigenvalue weighted by atomic mass is 16.3. The summed E-state index contributed by atoms with van der Waals surface area (Å²) < 4.78 is 0. The summed E-state index contributed by atoms with van der Waals surface area (Å²) in [5, 5.41) is 10.2. The van der Waals surface area contributed by atoms with E-state index >= 15 is 0 Å². The van der Waals surface area contributed by atoms with Gasteiger partial charge in [-0.3, -0.25) is 14.5 Å². The second-order valence-corrected chi connectivity index (χ2v) is 6.12. The van der Waals surface area contributed by atoms with E-state index in [-0.39, 0.29) is 24.3 Å². The molecule has 108 valence electrons. The maximum Gasteiger partial charge on any atom is 0.235 e. The molecule has 1 aliphatic heterocycles. The molecule has 2 amide bonds. The second kappa shape index (κ2) is 5.61. The average Bonchev–Trinajstić information content (AvgIpc) is 2.93. The highest BCUT2D eigenvalue weighted by Crippen LogP contribution is 2.46. The average molecular weight is 267 g/mol. The SMILES string of the molecule is CCC(CC)C(O)CN1C(=O)CC2(CCCC2)C1=O. The molecule has 0 radical (unpaired) electrons. The van der Waals surface area contributed by atoms with Crippen molar-refractivity contribution >= 4 is 11.8 Å². The van der Waals surface area contributed by atoms with Gasteiger partial charge in [0, 0.05) is 6.42 Å². The zero-order valence-corrected chi connectivity index (χ0v) is 12.0. The Labute approximate surface area is 115 Å². The molecule has 1 atom stereocenters. The Morgan fingerprint density at radius 3 is 2.32 bits per heavy atom. The summed E-state index contributed by atoms with van der Waals surface area (Å²) in [6.07, 6.45) is 5.30. The van der Waals surface area contributed by atoms with E-state index in [0.717, 1.165) is 38.5 Å². The van der Waals surface area contributed by atoms with Crippen LogP contribution in [0.3, 0.4) is 0 Å². The third-order valence-corrected chi connectivity index (χ3v) is 5.01. The maximum absolute atomic E-state index is 12.5. The number of hydrogen-bond donors (Lipinski definition) is 1. The highest BCUT2D eigenvalue weighted by Gasteiger charge is 2.52. The number of likely N-dealkylation sites (tertiary alicyclic amines) is 1. The predicted octanol–water partition coefficient (Wildman–Crippen LogP) is 2.10. The first-order chi connectivity index (χ1) is 9.04. The zero-order valence-electron chi connectivity index (χ0n) is 12.0. The van der Waals surface area contributed by atoms with Crippen LogP contribution in [0.15, 0.2) is 0 Å². The zero-order chi connectivity index (χ0) is 14.0. The molecule has 1 aliphatic carbocycles. The summed E-state index contributed by atoms with van der Waals surface area (Å²) >= 11 is 0. The molecule has 2 fully saturated rings. The fourth-order valence-electron chi connectivity index (χ4n) is 3.66. The Kier molecular flexibility index (Phi) is 4.29. The number of aliphatic hydroxyl groups excluding tert-OH is 1. The lowest BCUT2D eigenvalue weighted by molar-refractivity contribution is -0.143. The molecule has 4 heteroatoms. The van der Waals surface area contributed by atoms with Crippen LogP contribution in [0.5, 0.6) is 0 Å². The normalized spacial score (nSPS) is 23.9.